The zero-order valence-electron chi connectivity index (χ0n) is 22.4. The zero-order valence-corrected chi connectivity index (χ0v) is 22.4. The van der Waals surface area contributed by atoms with Crippen LogP contribution in [-0.2, 0) is 13.1 Å². The highest BCUT2D eigenvalue weighted by Gasteiger charge is 2.24. The molecule has 0 saturated heterocycles. The third kappa shape index (κ3) is 4.73. The van der Waals surface area contributed by atoms with E-state index in [1.165, 1.54) is 29.8 Å². The zero-order chi connectivity index (χ0) is 28.6. The number of hydrogen-bond acceptors (Lipinski definition) is 7. The van der Waals surface area contributed by atoms with Gasteiger partial charge in [0.25, 0.3) is 5.56 Å². The van der Waals surface area contributed by atoms with Crippen LogP contribution in [0.25, 0.3) is 22.5 Å². The Balaban J connectivity index is 1.88. The van der Waals surface area contributed by atoms with Crippen molar-refractivity contribution < 1.29 is 13.5 Å². The Bertz CT molecular complexity index is 1790. The third-order valence-corrected chi connectivity index (χ3v) is 6.56. The number of nitrogens with zero attached hydrogens (tertiary/aromatic N) is 6. The first kappa shape index (κ1) is 26.8. The highest BCUT2D eigenvalue weighted by Crippen LogP contribution is 2.30. The summed E-state index contributed by atoms with van der Waals surface area (Å²) >= 11 is 0. The molecule has 0 aliphatic carbocycles. The molecule has 0 bridgehead atoms. The van der Waals surface area contributed by atoms with E-state index in [1.807, 2.05) is 50.3 Å². The molecule has 1 N–H and O–H groups in total. The molecular formula is C28H27F2N7O3. The van der Waals surface area contributed by atoms with Crippen molar-refractivity contribution >= 4 is 11.2 Å². The monoisotopic (exact) mass is 547 g/mol. The summed E-state index contributed by atoms with van der Waals surface area (Å²) in [6.45, 7) is -0.138. The van der Waals surface area contributed by atoms with E-state index in [-0.39, 0.29) is 22.8 Å². The first-order chi connectivity index (χ1) is 19.2. The molecule has 206 valence electrons. The van der Waals surface area contributed by atoms with Crippen molar-refractivity contribution in [2.24, 2.45) is 0 Å². The normalized spacial score (nSPS) is 11.4. The van der Waals surface area contributed by atoms with Gasteiger partial charge in [-0.05, 0) is 50.0 Å². The van der Waals surface area contributed by atoms with Gasteiger partial charge in [-0.2, -0.15) is 0 Å². The summed E-state index contributed by atoms with van der Waals surface area (Å²) in [4.78, 5) is 29.8. The van der Waals surface area contributed by atoms with Crippen LogP contribution in [0, 0.1) is 11.6 Å². The second-order valence-corrected chi connectivity index (χ2v) is 9.39. The average Bonchev–Trinajstić information content (AvgIpc) is 3.31. The SMILES string of the molecule is CNc1ccc(-c2cn3c(c2CN(C)C)c(=O)n(-c2ccc(OC)nn2)c(=O)n3Cc2c(F)cccc2F)cc1. The van der Waals surface area contributed by atoms with E-state index in [9.17, 15) is 18.4 Å². The van der Waals surface area contributed by atoms with Gasteiger partial charge in [0.1, 0.15) is 17.2 Å². The minimum Gasteiger partial charge on any atom is -0.480 e. The molecule has 0 fully saturated rings. The van der Waals surface area contributed by atoms with E-state index in [2.05, 4.69) is 15.5 Å². The first-order valence-corrected chi connectivity index (χ1v) is 12.4. The van der Waals surface area contributed by atoms with Gasteiger partial charge in [0, 0.05) is 48.2 Å². The molecule has 0 unspecified atom stereocenters. The molecule has 40 heavy (non-hydrogen) atoms. The fourth-order valence-corrected chi connectivity index (χ4v) is 4.61. The van der Waals surface area contributed by atoms with Crippen molar-refractivity contribution in [3.8, 4) is 22.8 Å². The molecule has 0 radical (unpaired) electrons. The number of rotatable bonds is 8. The lowest BCUT2D eigenvalue weighted by Gasteiger charge is -2.15. The lowest BCUT2D eigenvalue weighted by atomic mass is 10.0. The van der Waals surface area contributed by atoms with Gasteiger partial charge >= 0.3 is 5.69 Å². The number of aromatic nitrogens is 5. The molecule has 0 aliphatic rings. The Morgan fingerprint density at radius 3 is 2.23 bits per heavy atom. The van der Waals surface area contributed by atoms with Gasteiger partial charge in [0.05, 0.1) is 13.7 Å². The number of nitrogens with one attached hydrogen (secondary N) is 1. The maximum Gasteiger partial charge on any atom is 0.352 e. The van der Waals surface area contributed by atoms with E-state index < -0.39 is 29.4 Å². The molecule has 5 rings (SSSR count). The molecule has 3 aromatic heterocycles. The van der Waals surface area contributed by atoms with E-state index in [0.29, 0.717) is 17.7 Å². The third-order valence-electron chi connectivity index (χ3n) is 6.56. The van der Waals surface area contributed by atoms with Crippen LogP contribution in [0.1, 0.15) is 11.1 Å². The van der Waals surface area contributed by atoms with Crippen LogP contribution in [-0.4, -0.2) is 57.1 Å². The number of halogens is 2. The van der Waals surface area contributed by atoms with E-state index in [1.54, 1.807) is 6.20 Å². The molecule has 3 heterocycles. The van der Waals surface area contributed by atoms with Gasteiger partial charge in [-0.25, -0.2) is 22.8 Å². The van der Waals surface area contributed by atoms with Gasteiger partial charge < -0.3 is 15.0 Å². The Hall–Kier alpha value is -4.84. The maximum absolute atomic E-state index is 14.8. The summed E-state index contributed by atoms with van der Waals surface area (Å²) in [5.41, 5.74) is 1.36. The average molecular weight is 548 g/mol. The van der Waals surface area contributed by atoms with Gasteiger partial charge in [-0.15, -0.1) is 10.2 Å². The lowest BCUT2D eigenvalue weighted by Crippen LogP contribution is -2.43. The minimum atomic E-state index is -0.844. The summed E-state index contributed by atoms with van der Waals surface area (Å²) in [6, 6.07) is 13.9. The first-order valence-electron chi connectivity index (χ1n) is 12.4. The Labute approximate surface area is 227 Å². The minimum absolute atomic E-state index is 0.0574. The van der Waals surface area contributed by atoms with Crippen LogP contribution in [0.5, 0.6) is 5.88 Å². The summed E-state index contributed by atoms with van der Waals surface area (Å²) in [6.07, 6.45) is 1.65. The summed E-state index contributed by atoms with van der Waals surface area (Å²) in [5, 5.41) is 11.0. The number of ether oxygens (including phenoxy) is 1. The Morgan fingerprint density at radius 1 is 0.950 bits per heavy atom. The van der Waals surface area contributed by atoms with Crippen LogP contribution >= 0.6 is 0 Å². The quantitative estimate of drug-likeness (QED) is 0.319. The van der Waals surface area contributed by atoms with Crippen molar-refractivity contribution in [1.82, 2.24) is 28.9 Å². The second-order valence-electron chi connectivity index (χ2n) is 9.39. The standard InChI is InChI=1S/C28H27F2N7O3/c1-31-18-10-8-17(9-11-18)19-15-35-26(20(19)14-34(2)3)27(38)37(24-12-13-25(40-4)33-32-24)28(39)36(35)16-21-22(29)6-5-7-23(21)30/h5-13,15,31H,14,16H2,1-4H3. The highest BCUT2D eigenvalue weighted by atomic mass is 19.1. The molecule has 10 nitrogen and oxygen atoms in total. The molecular weight excluding hydrogens is 520 g/mol. The van der Waals surface area contributed by atoms with E-state index >= 15 is 0 Å². The van der Waals surface area contributed by atoms with Gasteiger partial charge in [0.2, 0.25) is 5.88 Å². The fraction of sp³-hybridized carbons (Fsp3) is 0.214. The predicted molar refractivity (Wildman–Crippen MR) is 147 cm³/mol. The van der Waals surface area contributed by atoms with Crippen LogP contribution in [0.15, 0.2) is 70.4 Å². The highest BCUT2D eigenvalue weighted by molar-refractivity contribution is 5.77. The molecule has 2 aromatic carbocycles. The molecule has 0 saturated carbocycles. The fourth-order valence-electron chi connectivity index (χ4n) is 4.61. The number of fused-ring (bicyclic) bond motifs is 1. The molecule has 0 aliphatic heterocycles. The topological polar surface area (TPSA) is 98.7 Å². The van der Waals surface area contributed by atoms with Crippen LogP contribution in [0.2, 0.25) is 0 Å². The van der Waals surface area contributed by atoms with E-state index in [0.717, 1.165) is 32.6 Å². The summed E-state index contributed by atoms with van der Waals surface area (Å²) in [7, 11) is 6.94. The van der Waals surface area contributed by atoms with Crippen molar-refractivity contribution in [3.05, 3.63) is 104 Å². The van der Waals surface area contributed by atoms with Crippen LogP contribution < -0.4 is 21.3 Å². The van der Waals surface area contributed by atoms with Crippen LogP contribution in [0.4, 0.5) is 14.5 Å². The van der Waals surface area contributed by atoms with Crippen LogP contribution in [0.3, 0.4) is 0 Å². The van der Waals surface area contributed by atoms with E-state index in [4.69, 9.17) is 4.74 Å². The molecule has 12 heteroatoms. The number of methoxy groups -OCH3 is 1. The van der Waals surface area contributed by atoms with Gasteiger partial charge in [-0.3, -0.25) is 9.31 Å². The van der Waals surface area contributed by atoms with Gasteiger partial charge in [-0.1, -0.05) is 18.2 Å². The maximum atomic E-state index is 14.8. The molecule has 0 spiro atoms. The number of anilines is 1. The Kier molecular flexibility index (Phi) is 7.18. The molecule has 0 atom stereocenters. The van der Waals surface area contributed by atoms with Crippen molar-refractivity contribution in [1.29, 1.82) is 0 Å². The molecule has 0 amide bonds. The smallest absolute Gasteiger partial charge is 0.352 e. The summed E-state index contributed by atoms with van der Waals surface area (Å²) < 4.78 is 37.9. The Morgan fingerprint density at radius 2 is 1.65 bits per heavy atom. The van der Waals surface area contributed by atoms with Gasteiger partial charge in [0.15, 0.2) is 5.82 Å². The second kappa shape index (κ2) is 10.7. The summed E-state index contributed by atoms with van der Waals surface area (Å²) in [5.74, 6) is -1.50. The van der Waals surface area contributed by atoms with Crippen molar-refractivity contribution in [2.45, 2.75) is 13.1 Å². The number of benzene rings is 2. The molecule has 5 aromatic rings. The predicted octanol–water partition coefficient (Wildman–Crippen LogP) is 3.15. The largest absolute Gasteiger partial charge is 0.480 e. The van der Waals surface area contributed by atoms with Crippen molar-refractivity contribution in [3.63, 3.8) is 0 Å². The van der Waals surface area contributed by atoms with Crippen molar-refractivity contribution in [2.75, 3.05) is 33.6 Å². The number of hydrogen-bond donors (Lipinski definition) is 1. The lowest BCUT2D eigenvalue weighted by molar-refractivity contribution is 0.391.